The first-order chi connectivity index (χ1) is 7.86. The normalized spacial score (nSPS) is 11.1. The lowest BCUT2D eigenvalue weighted by atomic mass is 10.1. The van der Waals surface area contributed by atoms with Gasteiger partial charge in [0.1, 0.15) is 6.73 Å². The van der Waals surface area contributed by atoms with Crippen molar-refractivity contribution in [3.63, 3.8) is 0 Å². The van der Waals surface area contributed by atoms with E-state index in [2.05, 4.69) is 40.3 Å². The third-order valence-electron chi connectivity index (χ3n) is 2.71. The SMILES string of the molecule is CCOCn1ccc2c(CNC)cccc21. The molecular formula is C13H18N2O. The van der Waals surface area contributed by atoms with E-state index in [1.54, 1.807) is 0 Å². The number of hydrogen-bond donors (Lipinski definition) is 1. The number of aromatic nitrogens is 1. The molecule has 2 aromatic rings. The average Bonchev–Trinajstić information content (AvgIpc) is 2.71. The molecule has 86 valence electrons. The quantitative estimate of drug-likeness (QED) is 0.833. The molecule has 1 heterocycles. The Morgan fingerprint density at radius 2 is 2.19 bits per heavy atom. The number of hydrogen-bond acceptors (Lipinski definition) is 2. The molecule has 1 aromatic heterocycles. The number of rotatable bonds is 5. The number of benzene rings is 1. The number of nitrogens with one attached hydrogen (secondary N) is 1. The van der Waals surface area contributed by atoms with Crippen LogP contribution in [0.5, 0.6) is 0 Å². The highest BCUT2D eigenvalue weighted by molar-refractivity contribution is 5.83. The van der Waals surface area contributed by atoms with Crippen molar-refractivity contribution in [3.05, 3.63) is 36.0 Å². The van der Waals surface area contributed by atoms with Gasteiger partial charge in [0.05, 0.1) is 5.52 Å². The first-order valence-corrected chi connectivity index (χ1v) is 5.66. The van der Waals surface area contributed by atoms with E-state index in [-0.39, 0.29) is 0 Å². The standard InChI is InChI=1S/C13H18N2O/c1-3-16-10-15-8-7-12-11(9-14-2)5-4-6-13(12)15/h4-8,14H,3,9-10H2,1-2H3. The Hall–Kier alpha value is -1.32. The summed E-state index contributed by atoms with van der Waals surface area (Å²) in [5, 5.41) is 4.49. The molecule has 2 rings (SSSR count). The van der Waals surface area contributed by atoms with Gasteiger partial charge in [0.2, 0.25) is 0 Å². The summed E-state index contributed by atoms with van der Waals surface area (Å²) in [7, 11) is 1.97. The van der Waals surface area contributed by atoms with E-state index in [1.165, 1.54) is 16.5 Å². The van der Waals surface area contributed by atoms with Crippen LogP contribution in [0.1, 0.15) is 12.5 Å². The maximum atomic E-state index is 5.43. The van der Waals surface area contributed by atoms with Crippen LogP contribution in [0.2, 0.25) is 0 Å². The second-order valence-electron chi connectivity index (χ2n) is 3.79. The molecule has 0 radical (unpaired) electrons. The number of ether oxygens (including phenoxy) is 1. The van der Waals surface area contributed by atoms with E-state index in [0.29, 0.717) is 6.73 Å². The topological polar surface area (TPSA) is 26.2 Å². The molecule has 0 aliphatic carbocycles. The molecule has 0 aliphatic rings. The van der Waals surface area contributed by atoms with Gasteiger partial charge >= 0.3 is 0 Å². The van der Waals surface area contributed by atoms with Gasteiger partial charge in [-0.3, -0.25) is 0 Å². The summed E-state index contributed by atoms with van der Waals surface area (Å²) >= 11 is 0. The highest BCUT2D eigenvalue weighted by atomic mass is 16.5. The van der Waals surface area contributed by atoms with E-state index in [0.717, 1.165) is 13.2 Å². The number of fused-ring (bicyclic) bond motifs is 1. The molecule has 0 unspecified atom stereocenters. The molecule has 0 saturated heterocycles. The van der Waals surface area contributed by atoms with E-state index < -0.39 is 0 Å². The average molecular weight is 218 g/mol. The van der Waals surface area contributed by atoms with Crippen LogP contribution in [-0.2, 0) is 18.0 Å². The fourth-order valence-electron chi connectivity index (χ4n) is 1.93. The molecule has 0 spiro atoms. The second kappa shape index (κ2) is 5.14. The molecule has 0 atom stereocenters. The van der Waals surface area contributed by atoms with Crippen LogP contribution in [0.4, 0.5) is 0 Å². The first kappa shape index (κ1) is 11.2. The van der Waals surface area contributed by atoms with Crippen molar-refractivity contribution in [1.82, 2.24) is 9.88 Å². The van der Waals surface area contributed by atoms with Gasteiger partial charge in [-0.05, 0) is 31.7 Å². The van der Waals surface area contributed by atoms with Gasteiger partial charge < -0.3 is 14.6 Å². The Morgan fingerprint density at radius 3 is 2.94 bits per heavy atom. The molecule has 3 heteroatoms. The van der Waals surface area contributed by atoms with Crippen molar-refractivity contribution in [2.45, 2.75) is 20.2 Å². The summed E-state index contributed by atoms with van der Waals surface area (Å²) in [6.07, 6.45) is 2.08. The van der Waals surface area contributed by atoms with E-state index in [1.807, 2.05) is 14.0 Å². The van der Waals surface area contributed by atoms with Crippen LogP contribution in [-0.4, -0.2) is 18.2 Å². The first-order valence-electron chi connectivity index (χ1n) is 5.66. The van der Waals surface area contributed by atoms with Gasteiger partial charge in [0, 0.05) is 24.7 Å². The van der Waals surface area contributed by atoms with Crippen LogP contribution < -0.4 is 5.32 Å². The molecule has 0 aliphatic heterocycles. The maximum absolute atomic E-state index is 5.43. The van der Waals surface area contributed by atoms with Gasteiger partial charge in [0.25, 0.3) is 0 Å². The smallest absolute Gasteiger partial charge is 0.122 e. The van der Waals surface area contributed by atoms with Crippen molar-refractivity contribution in [1.29, 1.82) is 0 Å². The Bertz CT molecular complexity index is 462. The molecule has 0 amide bonds. The van der Waals surface area contributed by atoms with Gasteiger partial charge in [-0.1, -0.05) is 12.1 Å². The Morgan fingerprint density at radius 1 is 1.31 bits per heavy atom. The van der Waals surface area contributed by atoms with E-state index in [9.17, 15) is 0 Å². The van der Waals surface area contributed by atoms with Gasteiger partial charge in [-0.2, -0.15) is 0 Å². The van der Waals surface area contributed by atoms with Crippen molar-refractivity contribution in [2.75, 3.05) is 13.7 Å². The predicted molar refractivity (Wildman–Crippen MR) is 66.3 cm³/mol. The molecule has 0 saturated carbocycles. The fraction of sp³-hybridized carbons (Fsp3) is 0.385. The minimum absolute atomic E-state index is 0.628. The van der Waals surface area contributed by atoms with Crippen LogP contribution in [0, 0.1) is 0 Å². The fourth-order valence-corrected chi connectivity index (χ4v) is 1.93. The largest absolute Gasteiger partial charge is 0.361 e. The maximum Gasteiger partial charge on any atom is 0.122 e. The highest BCUT2D eigenvalue weighted by Gasteiger charge is 2.04. The minimum atomic E-state index is 0.628. The Labute approximate surface area is 96.0 Å². The zero-order valence-electron chi connectivity index (χ0n) is 9.86. The van der Waals surface area contributed by atoms with E-state index >= 15 is 0 Å². The molecule has 0 fully saturated rings. The lowest BCUT2D eigenvalue weighted by Crippen LogP contribution is -2.05. The van der Waals surface area contributed by atoms with E-state index in [4.69, 9.17) is 4.74 Å². The Kier molecular flexibility index (Phi) is 3.59. The summed E-state index contributed by atoms with van der Waals surface area (Å²) in [6, 6.07) is 8.54. The monoisotopic (exact) mass is 218 g/mol. The molecule has 1 aromatic carbocycles. The van der Waals surface area contributed by atoms with Crippen molar-refractivity contribution < 1.29 is 4.74 Å². The summed E-state index contributed by atoms with van der Waals surface area (Å²) in [5.74, 6) is 0. The molecule has 1 N–H and O–H groups in total. The van der Waals surface area contributed by atoms with Crippen LogP contribution >= 0.6 is 0 Å². The molecule has 16 heavy (non-hydrogen) atoms. The van der Waals surface area contributed by atoms with Gasteiger partial charge in [0.15, 0.2) is 0 Å². The predicted octanol–water partition coefficient (Wildman–Crippen LogP) is 2.35. The minimum Gasteiger partial charge on any atom is -0.361 e. The van der Waals surface area contributed by atoms with Crippen LogP contribution in [0.15, 0.2) is 30.5 Å². The highest BCUT2D eigenvalue weighted by Crippen LogP contribution is 2.20. The second-order valence-corrected chi connectivity index (χ2v) is 3.79. The van der Waals surface area contributed by atoms with Crippen LogP contribution in [0.25, 0.3) is 10.9 Å². The summed E-state index contributed by atoms with van der Waals surface area (Å²) in [6.45, 7) is 4.28. The van der Waals surface area contributed by atoms with Crippen LogP contribution in [0.3, 0.4) is 0 Å². The van der Waals surface area contributed by atoms with Gasteiger partial charge in [-0.25, -0.2) is 0 Å². The lowest BCUT2D eigenvalue weighted by Gasteiger charge is -2.06. The van der Waals surface area contributed by atoms with Crippen molar-refractivity contribution in [3.8, 4) is 0 Å². The zero-order valence-corrected chi connectivity index (χ0v) is 9.86. The molecule has 0 bridgehead atoms. The van der Waals surface area contributed by atoms with Gasteiger partial charge in [-0.15, -0.1) is 0 Å². The molecule has 3 nitrogen and oxygen atoms in total. The Balaban J connectivity index is 2.36. The summed E-state index contributed by atoms with van der Waals surface area (Å²) in [5.41, 5.74) is 2.57. The zero-order chi connectivity index (χ0) is 11.4. The van der Waals surface area contributed by atoms with Crippen molar-refractivity contribution >= 4 is 10.9 Å². The number of nitrogens with zero attached hydrogens (tertiary/aromatic N) is 1. The third kappa shape index (κ3) is 2.10. The summed E-state index contributed by atoms with van der Waals surface area (Å²) in [4.78, 5) is 0. The van der Waals surface area contributed by atoms with Crippen molar-refractivity contribution in [2.24, 2.45) is 0 Å². The molecular weight excluding hydrogens is 200 g/mol. The summed E-state index contributed by atoms with van der Waals surface area (Å²) < 4.78 is 7.57. The third-order valence-corrected chi connectivity index (χ3v) is 2.71. The lowest BCUT2D eigenvalue weighted by molar-refractivity contribution is 0.0909.